The van der Waals surface area contributed by atoms with Gasteiger partial charge >= 0.3 is 5.97 Å². The summed E-state index contributed by atoms with van der Waals surface area (Å²) in [5, 5.41) is 19.5. The number of nitro groups is 1. The van der Waals surface area contributed by atoms with Gasteiger partial charge in [0.2, 0.25) is 10.0 Å². The van der Waals surface area contributed by atoms with Crippen molar-refractivity contribution in [2.24, 2.45) is 5.41 Å². The maximum Gasteiger partial charge on any atom is 0.310 e. The molecule has 2 N–H and O–H groups in total. The van der Waals surface area contributed by atoms with Crippen molar-refractivity contribution in [3.63, 3.8) is 0 Å². The Labute approximate surface area is 118 Å². The Morgan fingerprint density at radius 2 is 2.10 bits per heavy atom. The molecule has 0 radical (unpaired) electrons. The van der Waals surface area contributed by atoms with Crippen molar-refractivity contribution in [3.8, 4) is 0 Å². The van der Waals surface area contributed by atoms with E-state index in [0.717, 1.165) is 6.07 Å². The Bertz CT molecular complexity index is 713. The van der Waals surface area contributed by atoms with E-state index in [4.69, 9.17) is 5.11 Å². The van der Waals surface area contributed by atoms with Crippen LogP contribution in [0, 0.1) is 21.3 Å². The van der Waals surface area contributed by atoms with Gasteiger partial charge < -0.3 is 5.11 Å². The number of carboxylic acids is 1. The van der Waals surface area contributed by atoms with Crippen LogP contribution in [0.3, 0.4) is 0 Å². The molecule has 0 unspecified atom stereocenters. The molecule has 8 nitrogen and oxygen atoms in total. The van der Waals surface area contributed by atoms with Gasteiger partial charge in [0.05, 0.1) is 10.3 Å². The molecule has 10 heteroatoms. The first-order valence-electron chi connectivity index (χ1n) is 5.85. The van der Waals surface area contributed by atoms with E-state index < -0.39 is 42.7 Å². The molecule has 0 aromatic heterocycles. The molecule has 114 valence electrons. The molecule has 1 aromatic rings. The van der Waals surface area contributed by atoms with Crippen molar-refractivity contribution in [2.75, 3.05) is 6.54 Å². The highest BCUT2D eigenvalue weighted by Crippen LogP contribution is 2.45. The van der Waals surface area contributed by atoms with Gasteiger partial charge in [0, 0.05) is 18.7 Å². The molecule has 0 spiro atoms. The number of benzene rings is 1. The van der Waals surface area contributed by atoms with Gasteiger partial charge in [-0.1, -0.05) is 0 Å². The minimum Gasteiger partial charge on any atom is -0.481 e. The highest BCUT2D eigenvalue weighted by Gasteiger charge is 2.50. The Kier molecular flexibility index (Phi) is 3.68. The summed E-state index contributed by atoms with van der Waals surface area (Å²) in [4.78, 5) is 19.8. The molecule has 1 fully saturated rings. The van der Waals surface area contributed by atoms with Crippen LogP contribution in [-0.4, -0.2) is 31.0 Å². The van der Waals surface area contributed by atoms with Crippen molar-refractivity contribution >= 4 is 21.7 Å². The normalized spacial score (nSPS) is 16.4. The molecule has 0 saturated heterocycles. The van der Waals surface area contributed by atoms with Gasteiger partial charge in [0.1, 0.15) is 10.7 Å². The molecular formula is C11H11FN2O6S. The number of carboxylic acid groups (broad SMARTS) is 1. The molecular weight excluding hydrogens is 307 g/mol. The van der Waals surface area contributed by atoms with Crippen LogP contribution in [0.1, 0.15) is 12.8 Å². The van der Waals surface area contributed by atoms with Gasteiger partial charge in [-0.3, -0.25) is 14.9 Å². The van der Waals surface area contributed by atoms with Gasteiger partial charge in [0.15, 0.2) is 0 Å². The largest absolute Gasteiger partial charge is 0.481 e. The van der Waals surface area contributed by atoms with Gasteiger partial charge in [-0.25, -0.2) is 17.5 Å². The second-order valence-corrected chi connectivity index (χ2v) is 6.52. The first-order chi connectivity index (χ1) is 9.68. The summed E-state index contributed by atoms with van der Waals surface area (Å²) in [5.74, 6) is -2.28. The minimum absolute atomic E-state index is 0.322. The van der Waals surface area contributed by atoms with Crippen molar-refractivity contribution in [3.05, 3.63) is 34.1 Å². The summed E-state index contributed by atoms with van der Waals surface area (Å²) in [6.45, 7) is -0.382. The number of hydrogen-bond donors (Lipinski definition) is 2. The van der Waals surface area contributed by atoms with E-state index in [1.54, 1.807) is 0 Å². The summed E-state index contributed by atoms with van der Waals surface area (Å²) < 4.78 is 39.5. The first-order valence-corrected chi connectivity index (χ1v) is 7.33. The third-order valence-electron chi connectivity index (χ3n) is 3.32. The Morgan fingerprint density at radius 3 is 2.57 bits per heavy atom. The maximum atomic E-state index is 13.6. The average Bonchev–Trinajstić information content (AvgIpc) is 3.17. The first kappa shape index (κ1) is 15.3. The van der Waals surface area contributed by atoms with Crippen LogP contribution in [0.2, 0.25) is 0 Å². The fourth-order valence-corrected chi connectivity index (χ4v) is 2.96. The molecule has 0 bridgehead atoms. The van der Waals surface area contributed by atoms with E-state index in [2.05, 4.69) is 0 Å². The molecule has 1 aliphatic carbocycles. The minimum atomic E-state index is -4.37. The quantitative estimate of drug-likeness (QED) is 0.592. The van der Waals surface area contributed by atoms with Gasteiger partial charge in [-0.15, -0.1) is 0 Å². The zero-order valence-electron chi connectivity index (χ0n) is 10.6. The lowest BCUT2D eigenvalue weighted by atomic mass is 10.1. The van der Waals surface area contributed by atoms with E-state index in [1.165, 1.54) is 0 Å². The standard InChI is InChI=1S/C11H11FN2O6S/c12-8-2-1-7(14(17)18)5-9(8)21(19,20)13-6-11(3-4-11)10(15)16/h1-2,5,13H,3-4,6H2,(H,15,16). The van der Waals surface area contributed by atoms with E-state index in [-0.39, 0.29) is 6.54 Å². The summed E-state index contributed by atoms with van der Waals surface area (Å²) in [6.07, 6.45) is 0.643. The zero-order chi connectivity index (χ0) is 15.8. The second-order valence-electron chi connectivity index (χ2n) is 4.78. The molecule has 1 saturated carbocycles. The molecule has 2 rings (SSSR count). The number of sulfonamides is 1. The third kappa shape index (κ3) is 3.00. The van der Waals surface area contributed by atoms with Crippen LogP contribution in [-0.2, 0) is 14.8 Å². The topological polar surface area (TPSA) is 127 Å². The number of nitrogens with one attached hydrogen (secondary N) is 1. The monoisotopic (exact) mass is 318 g/mol. The number of halogens is 1. The molecule has 0 amide bonds. The third-order valence-corrected chi connectivity index (χ3v) is 4.74. The van der Waals surface area contributed by atoms with E-state index in [1.807, 2.05) is 4.72 Å². The number of carbonyl (C=O) groups is 1. The Hall–Kier alpha value is -2.07. The average molecular weight is 318 g/mol. The van der Waals surface area contributed by atoms with Gasteiger partial charge in [-0.2, -0.15) is 0 Å². The van der Waals surface area contributed by atoms with Crippen LogP contribution in [0.4, 0.5) is 10.1 Å². The maximum absolute atomic E-state index is 13.6. The van der Waals surface area contributed by atoms with E-state index >= 15 is 0 Å². The van der Waals surface area contributed by atoms with Gasteiger partial charge in [0.25, 0.3) is 5.69 Å². The highest BCUT2D eigenvalue weighted by molar-refractivity contribution is 7.89. The number of aliphatic carboxylic acids is 1. The van der Waals surface area contributed by atoms with Crippen LogP contribution in [0.15, 0.2) is 23.1 Å². The number of nitrogens with zero attached hydrogens (tertiary/aromatic N) is 1. The summed E-state index contributed by atoms with van der Waals surface area (Å²) >= 11 is 0. The summed E-state index contributed by atoms with van der Waals surface area (Å²) in [7, 11) is -4.37. The highest BCUT2D eigenvalue weighted by atomic mass is 32.2. The lowest BCUT2D eigenvalue weighted by Crippen LogP contribution is -2.34. The molecule has 1 aliphatic rings. The van der Waals surface area contributed by atoms with Gasteiger partial charge in [-0.05, 0) is 18.9 Å². The van der Waals surface area contributed by atoms with Crippen molar-refractivity contribution in [1.82, 2.24) is 4.72 Å². The Balaban J connectivity index is 2.25. The zero-order valence-corrected chi connectivity index (χ0v) is 11.4. The predicted octanol–water partition coefficient (Wildman–Crippen LogP) is 0.877. The second kappa shape index (κ2) is 5.04. The lowest BCUT2D eigenvalue weighted by molar-refractivity contribution is -0.385. The summed E-state index contributed by atoms with van der Waals surface area (Å²) in [6, 6.07) is 2.11. The van der Waals surface area contributed by atoms with Crippen molar-refractivity contribution < 1.29 is 27.6 Å². The fourth-order valence-electron chi connectivity index (χ4n) is 1.74. The van der Waals surface area contributed by atoms with Crippen LogP contribution in [0.5, 0.6) is 0 Å². The Morgan fingerprint density at radius 1 is 1.48 bits per heavy atom. The van der Waals surface area contributed by atoms with Crippen molar-refractivity contribution in [1.29, 1.82) is 0 Å². The SMILES string of the molecule is O=C(O)C1(CNS(=O)(=O)c2cc([N+](=O)[O-])ccc2F)CC1. The predicted molar refractivity (Wildman–Crippen MR) is 67.5 cm³/mol. The van der Waals surface area contributed by atoms with E-state index in [0.29, 0.717) is 25.0 Å². The number of hydrogen-bond acceptors (Lipinski definition) is 5. The van der Waals surface area contributed by atoms with Crippen LogP contribution < -0.4 is 4.72 Å². The lowest BCUT2D eigenvalue weighted by Gasteiger charge is -2.12. The van der Waals surface area contributed by atoms with Crippen molar-refractivity contribution in [2.45, 2.75) is 17.7 Å². The fraction of sp³-hybridized carbons (Fsp3) is 0.364. The smallest absolute Gasteiger partial charge is 0.310 e. The van der Waals surface area contributed by atoms with Crippen LogP contribution >= 0.6 is 0 Å². The molecule has 21 heavy (non-hydrogen) atoms. The van der Waals surface area contributed by atoms with E-state index in [9.17, 15) is 27.7 Å². The molecule has 0 heterocycles. The number of rotatable bonds is 6. The molecule has 1 aromatic carbocycles. The van der Waals surface area contributed by atoms with Crippen LogP contribution in [0.25, 0.3) is 0 Å². The molecule has 0 atom stereocenters. The number of nitro benzene ring substituents is 1. The molecule has 0 aliphatic heterocycles. The number of non-ortho nitro benzene ring substituents is 1. The summed E-state index contributed by atoms with van der Waals surface area (Å²) in [5.41, 5.74) is -1.74.